The average molecular weight is 447 g/mol. The van der Waals surface area contributed by atoms with Crippen LogP contribution in [0, 0.1) is 6.92 Å². The first-order valence-corrected chi connectivity index (χ1v) is 10.2. The lowest BCUT2D eigenvalue weighted by atomic mass is 10.1. The molecule has 32 heavy (non-hydrogen) atoms. The van der Waals surface area contributed by atoms with Crippen molar-refractivity contribution in [3.8, 4) is 0 Å². The highest BCUT2D eigenvalue weighted by Crippen LogP contribution is 2.13. The average Bonchev–Trinajstić information content (AvgIpc) is 2.78. The molecule has 3 aromatic rings. The van der Waals surface area contributed by atoms with E-state index in [4.69, 9.17) is 12.2 Å². The lowest BCUT2D eigenvalue weighted by molar-refractivity contribution is -0.119. The maximum atomic E-state index is 12.4. The van der Waals surface area contributed by atoms with Crippen LogP contribution in [-0.2, 0) is 11.2 Å². The number of aryl methyl sites for hydroxylation is 1. The fourth-order valence-electron chi connectivity index (χ4n) is 2.90. The minimum atomic E-state index is -0.443. The van der Waals surface area contributed by atoms with Crippen LogP contribution in [0.25, 0.3) is 0 Å². The van der Waals surface area contributed by atoms with Gasteiger partial charge in [0.15, 0.2) is 5.11 Å². The van der Waals surface area contributed by atoms with Gasteiger partial charge in [0, 0.05) is 16.8 Å². The number of hydrazine groups is 1. The summed E-state index contributed by atoms with van der Waals surface area (Å²) in [4.78, 5) is 36.7. The van der Waals surface area contributed by atoms with Crippen LogP contribution in [0.5, 0.6) is 0 Å². The van der Waals surface area contributed by atoms with Gasteiger partial charge in [-0.25, -0.2) is 0 Å². The van der Waals surface area contributed by atoms with E-state index in [0.717, 1.165) is 11.1 Å². The number of benzene rings is 3. The van der Waals surface area contributed by atoms with Crippen LogP contribution in [0.15, 0.2) is 78.9 Å². The molecular formula is C24H22N4O3S. The molecule has 0 fully saturated rings. The monoisotopic (exact) mass is 446 g/mol. The summed E-state index contributed by atoms with van der Waals surface area (Å²) in [5, 5.41) is 5.29. The van der Waals surface area contributed by atoms with E-state index in [1.807, 2.05) is 49.4 Å². The molecule has 0 unspecified atom stereocenters. The standard InChI is InChI=1S/C24H22N4O3S/c1-16-7-5-6-10-20(16)23(31)25-19-13-11-18(12-14-19)22(30)27-28-24(32)26-21(29)15-17-8-3-2-4-9-17/h2-14H,15H2,1H3,(H,25,31)(H,27,30)(H2,26,28,29,32). The van der Waals surface area contributed by atoms with E-state index in [9.17, 15) is 14.4 Å². The summed E-state index contributed by atoms with van der Waals surface area (Å²) in [6, 6.07) is 22.9. The summed E-state index contributed by atoms with van der Waals surface area (Å²) < 4.78 is 0. The normalized spacial score (nSPS) is 10.0. The van der Waals surface area contributed by atoms with E-state index in [2.05, 4.69) is 21.5 Å². The summed E-state index contributed by atoms with van der Waals surface area (Å²) in [5.41, 5.74) is 8.16. The fraction of sp³-hybridized carbons (Fsp3) is 0.0833. The Labute approximate surface area is 191 Å². The summed E-state index contributed by atoms with van der Waals surface area (Å²) >= 11 is 5.03. The van der Waals surface area contributed by atoms with E-state index in [1.165, 1.54) is 0 Å². The fourth-order valence-corrected chi connectivity index (χ4v) is 3.06. The largest absolute Gasteiger partial charge is 0.322 e. The lowest BCUT2D eigenvalue weighted by Gasteiger charge is -2.11. The smallest absolute Gasteiger partial charge is 0.269 e. The van der Waals surface area contributed by atoms with Gasteiger partial charge in [0.25, 0.3) is 11.8 Å². The van der Waals surface area contributed by atoms with Gasteiger partial charge >= 0.3 is 0 Å². The first-order chi connectivity index (χ1) is 15.4. The SMILES string of the molecule is Cc1ccccc1C(=O)Nc1ccc(C(=O)NNC(=S)NC(=O)Cc2ccccc2)cc1. The Morgan fingerprint density at radius 2 is 1.44 bits per heavy atom. The number of thiocarbonyl (C=S) groups is 1. The maximum Gasteiger partial charge on any atom is 0.269 e. The van der Waals surface area contributed by atoms with Crippen LogP contribution in [0.2, 0.25) is 0 Å². The van der Waals surface area contributed by atoms with Crippen molar-refractivity contribution in [2.45, 2.75) is 13.3 Å². The molecule has 0 spiro atoms. The Hall–Kier alpha value is -4.04. The number of rotatable bonds is 5. The molecule has 0 heterocycles. The molecule has 0 atom stereocenters. The molecule has 4 N–H and O–H groups in total. The molecule has 3 amide bonds. The lowest BCUT2D eigenvalue weighted by Crippen LogP contribution is -2.48. The van der Waals surface area contributed by atoms with Crippen molar-refractivity contribution in [2.24, 2.45) is 0 Å². The van der Waals surface area contributed by atoms with Gasteiger partial charge in [-0.05, 0) is 60.6 Å². The van der Waals surface area contributed by atoms with Gasteiger partial charge in [-0.3, -0.25) is 25.2 Å². The zero-order valence-electron chi connectivity index (χ0n) is 17.3. The van der Waals surface area contributed by atoms with Gasteiger partial charge in [-0.2, -0.15) is 0 Å². The molecule has 0 aliphatic carbocycles. The summed E-state index contributed by atoms with van der Waals surface area (Å²) in [6.45, 7) is 1.86. The summed E-state index contributed by atoms with van der Waals surface area (Å²) in [7, 11) is 0. The molecule has 3 rings (SSSR count). The van der Waals surface area contributed by atoms with Gasteiger partial charge < -0.3 is 10.6 Å². The van der Waals surface area contributed by atoms with Gasteiger partial charge in [0.05, 0.1) is 6.42 Å². The Balaban J connectivity index is 1.47. The van der Waals surface area contributed by atoms with Crippen molar-refractivity contribution in [2.75, 3.05) is 5.32 Å². The predicted molar refractivity (Wildman–Crippen MR) is 127 cm³/mol. The van der Waals surface area contributed by atoms with Gasteiger partial charge in [0.1, 0.15) is 0 Å². The molecule has 0 radical (unpaired) electrons. The van der Waals surface area contributed by atoms with Crippen molar-refractivity contribution >= 4 is 40.7 Å². The van der Waals surface area contributed by atoms with Crippen LogP contribution in [0.1, 0.15) is 31.8 Å². The molecule has 0 saturated carbocycles. The quantitative estimate of drug-likeness (QED) is 0.357. The Morgan fingerprint density at radius 1 is 0.781 bits per heavy atom. The second-order valence-corrected chi connectivity index (χ2v) is 7.37. The topological polar surface area (TPSA) is 99.3 Å². The number of hydrogen-bond donors (Lipinski definition) is 4. The van der Waals surface area contributed by atoms with E-state index >= 15 is 0 Å². The number of nitrogens with one attached hydrogen (secondary N) is 4. The first-order valence-electron chi connectivity index (χ1n) is 9.83. The highest BCUT2D eigenvalue weighted by atomic mass is 32.1. The number of carbonyl (C=O) groups excluding carboxylic acids is 3. The molecule has 0 aliphatic heterocycles. The number of carbonyl (C=O) groups is 3. The van der Waals surface area contributed by atoms with Crippen molar-refractivity contribution < 1.29 is 14.4 Å². The third kappa shape index (κ3) is 6.48. The summed E-state index contributed by atoms with van der Waals surface area (Å²) in [5.74, 6) is -0.961. The molecule has 162 valence electrons. The highest BCUT2D eigenvalue weighted by molar-refractivity contribution is 7.80. The van der Waals surface area contributed by atoms with Gasteiger partial charge in [0.2, 0.25) is 5.91 Å². The van der Waals surface area contributed by atoms with Crippen LogP contribution >= 0.6 is 12.2 Å². The molecule has 0 bridgehead atoms. The van der Waals surface area contributed by atoms with E-state index in [1.54, 1.807) is 36.4 Å². The highest BCUT2D eigenvalue weighted by Gasteiger charge is 2.11. The van der Waals surface area contributed by atoms with Crippen LogP contribution in [-0.4, -0.2) is 22.8 Å². The summed E-state index contributed by atoms with van der Waals surface area (Å²) in [6.07, 6.45) is 0.173. The van der Waals surface area contributed by atoms with Crippen molar-refractivity contribution in [1.82, 2.24) is 16.2 Å². The van der Waals surface area contributed by atoms with E-state index < -0.39 is 5.91 Å². The Morgan fingerprint density at radius 3 is 2.12 bits per heavy atom. The Bertz CT molecular complexity index is 1130. The molecule has 0 aliphatic rings. The van der Waals surface area contributed by atoms with E-state index in [0.29, 0.717) is 16.8 Å². The molecule has 7 nitrogen and oxygen atoms in total. The van der Waals surface area contributed by atoms with Crippen molar-refractivity contribution in [1.29, 1.82) is 0 Å². The van der Waals surface area contributed by atoms with Crippen molar-refractivity contribution in [3.63, 3.8) is 0 Å². The van der Waals surface area contributed by atoms with Crippen LogP contribution < -0.4 is 21.5 Å². The zero-order chi connectivity index (χ0) is 22.9. The minimum absolute atomic E-state index is 0.0126. The number of anilines is 1. The molecular weight excluding hydrogens is 424 g/mol. The number of hydrogen-bond acceptors (Lipinski definition) is 4. The third-order valence-electron chi connectivity index (χ3n) is 4.54. The number of amides is 3. The second kappa shape index (κ2) is 10.8. The second-order valence-electron chi connectivity index (χ2n) is 6.97. The Kier molecular flexibility index (Phi) is 7.66. The molecule has 0 saturated heterocycles. The van der Waals surface area contributed by atoms with Crippen molar-refractivity contribution in [3.05, 3.63) is 101 Å². The first kappa shape index (κ1) is 22.6. The minimum Gasteiger partial charge on any atom is -0.322 e. The third-order valence-corrected chi connectivity index (χ3v) is 4.75. The molecule has 8 heteroatoms. The van der Waals surface area contributed by atoms with Crippen LogP contribution in [0.3, 0.4) is 0 Å². The van der Waals surface area contributed by atoms with E-state index in [-0.39, 0.29) is 23.3 Å². The van der Waals surface area contributed by atoms with Crippen LogP contribution in [0.4, 0.5) is 5.69 Å². The maximum absolute atomic E-state index is 12.4. The van der Waals surface area contributed by atoms with Gasteiger partial charge in [-0.1, -0.05) is 48.5 Å². The van der Waals surface area contributed by atoms with Gasteiger partial charge in [-0.15, -0.1) is 0 Å². The zero-order valence-corrected chi connectivity index (χ0v) is 18.2. The molecule has 0 aromatic heterocycles. The molecule has 3 aromatic carbocycles. The predicted octanol–water partition coefficient (Wildman–Crippen LogP) is 3.13.